The van der Waals surface area contributed by atoms with Crippen molar-refractivity contribution < 1.29 is 14.3 Å². The normalized spacial score (nSPS) is 12.5. The van der Waals surface area contributed by atoms with Gasteiger partial charge in [0, 0.05) is 17.2 Å². The summed E-state index contributed by atoms with van der Waals surface area (Å²) in [5.41, 5.74) is 3.55. The number of methoxy groups -OCH3 is 1. The van der Waals surface area contributed by atoms with Crippen molar-refractivity contribution in [2.24, 2.45) is 0 Å². The Balaban J connectivity index is 1.55. The van der Waals surface area contributed by atoms with Gasteiger partial charge in [0.15, 0.2) is 17.6 Å². The van der Waals surface area contributed by atoms with Gasteiger partial charge in [0.05, 0.1) is 18.4 Å². The van der Waals surface area contributed by atoms with Crippen LogP contribution in [0.3, 0.4) is 0 Å². The van der Waals surface area contributed by atoms with Crippen LogP contribution < -0.4 is 14.8 Å². The molecule has 2 aromatic heterocycles. The van der Waals surface area contributed by atoms with Crippen molar-refractivity contribution in [3.63, 3.8) is 0 Å². The summed E-state index contributed by atoms with van der Waals surface area (Å²) in [5.74, 6) is 1.52. The average molecular weight is 496 g/mol. The molecule has 8 nitrogen and oxygen atoms in total. The molecule has 0 saturated heterocycles. The Bertz CT molecular complexity index is 1370. The van der Waals surface area contributed by atoms with Gasteiger partial charge in [-0.3, -0.25) is 4.79 Å². The van der Waals surface area contributed by atoms with Gasteiger partial charge in [-0.1, -0.05) is 51.4 Å². The smallest absolute Gasteiger partial charge is 0.265 e. The van der Waals surface area contributed by atoms with Crippen molar-refractivity contribution in [3.05, 3.63) is 58.7 Å². The van der Waals surface area contributed by atoms with Crippen LogP contribution in [-0.2, 0) is 10.2 Å². The SMILES string of the molecule is CCC(Oc1cccc(C)c1)C(=O)Nc1ccc(-c2nn3nc(C(C)(C)C)c(Cl)c3[nH]2)c(OC)c1. The number of hydrogen-bond acceptors (Lipinski definition) is 5. The lowest BCUT2D eigenvalue weighted by Gasteiger charge is -2.18. The molecule has 184 valence electrons. The van der Waals surface area contributed by atoms with E-state index in [-0.39, 0.29) is 11.3 Å². The number of carbonyl (C=O) groups excluding carboxylic acids is 1. The van der Waals surface area contributed by atoms with E-state index in [1.54, 1.807) is 19.2 Å². The number of rotatable bonds is 7. The maximum absolute atomic E-state index is 12.9. The highest BCUT2D eigenvalue weighted by Gasteiger charge is 2.26. The first-order chi connectivity index (χ1) is 16.6. The van der Waals surface area contributed by atoms with E-state index in [1.165, 1.54) is 4.63 Å². The van der Waals surface area contributed by atoms with E-state index < -0.39 is 6.10 Å². The van der Waals surface area contributed by atoms with Gasteiger partial charge in [0.25, 0.3) is 5.91 Å². The Morgan fingerprint density at radius 2 is 1.97 bits per heavy atom. The van der Waals surface area contributed by atoms with Crippen LogP contribution in [0.1, 0.15) is 45.4 Å². The molecule has 0 bridgehead atoms. The van der Waals surface area contributed by atoms with Crippen LogP contribution in [0.25, 0.3) is 17.0 Å². The van der Waals surface area contributed by atoms with E-state index in [4.69, 9.17) is 21.1 Å². The molecule has 2 heterocycles. The minimum atomic E-state index is -0.625. The summed E-state index contributed by atoms with van der Waals surface area (Å²) in [6.07, 6.45) is -0.0992. The largest absolute Gasteiger partial charge is 0.496 e. The zero-order chi connectivity index (χ0) is 25.3. The zero-order valence-corrected chi connectivity index (χ0v) is 21.5. The van der Waals surface area contributed by atoms with Crippen LogP contribution in [0.5, 0.6) is 11.5 Å². The molecule has 0 aliphatic rings. The maximum Gasteiger partial charge on any atom is 0.265 e. The molecule has 2 aromatic carbocycles. The van der Waals surface area contributed by atoms with E-state index in [1.807, 2.05) is 65.0 Å². The number of amides is 1. The fourth-order valence-corrected chi connectivity index (χ4v) is 4.20. The number of nitrogens with zero attached hydrogens (tertiary/aromatic N) is 3. The first-order valence-corrected chi connectivity index (χ1v) is 11.9. The number of anilines is 1. The highest BCUT2D eigenvalue weighted by atomic mass is 35.5. The van der Waals surface area contributed by atoms with Crippen LogP contribution in [0, 0.1) is 6.92 Å². The molecule has 0 saturated carbocycles. The van der Waals surface area contributed by atoms with E-state index in [0.717, 1.165) is 11.3 Å². The van der Waals surface area contributed by atoms with E-state index in [2.05, 4.69) is 20.5 Å². The highest BCUT2D eigenvalue weighted by molar-refractivity contribution is 6.34. The van der Waals surface area contributed by atoms with Crippen molar-refractivity contribution in [1.82, 2.24) is 19.8 Å². The van der Waals surface area contributed by atoms with E-state index in [9.17, 15) is 4.79 Å². The predicted octanol–water partition coefficient (Wildman–Crippen LogP) is 5.79. The van der Waals surface area contributed by atoms with Gasteiger partial charge in [0.1, 0.15) is 16.5 Å². The number of ether oxygens (including phenoxy) is 2. The minimum absolute atomic E-state index is 0.206. The Labute approximate surface area is 209 Å². The van der Waals surface area contributed by atoms with Crippen molar-refractivity contribution in [2.45, 2.75) is 52.6 Å². The molecule has 1 amide bonds. The van der Waals surface area contributed by atoms with Gasteiger partial charge < -0.3 is 19.8 Å². The average Bonchev–Trinajstić information content (AvgIpc) is 3.36. The minimum Gasteiger partial charge on any atom is -0.496 e. The number of fused-ring (bicyclic) bond motifs is 1. The standard InChI is InChI=1S/C26H30ClN5O3/c1-7-19(35-17-10-8-9-15(2)13-17)25(33)28-16-11-12-18(20(14-16)34-6)23-29-24-21(27)22(26(3,4)5)30-32(24)31-23/h8-14,19H,7H2,1-6H3,(H,28,33)(H,29,31). The molecule has 1 unspecified atom stereocenters. The molecule has 4 aromatic rings. The van der Waals surface area contributed by atoms with Gasteiger partial charge in [-0.25, -0.2) is 0 Å². The second-order valence-electron chi connectivity index (χ2n) is 9.46. The number of aromatic nitrogens is 4. The fourth-order valence-electron chi connectivity index (χ4n) is 3.76. The van der Waals surface area contributed by atoms with Gasteiger partial charge in [-0.2, -0.15) is 5.10 Å². The quantitative estimate of drug-likeness (QED) is 0.338. The van der Waals surface area contributed by atoms with Crippen LogP contribution in [0.4, 0.5) is 5.69 Å². The van der Waals surface area contributed by atoms with E-state index >= 15 is 0 Å². The van der Waals surface area contributed by atoms with Crippen LogP contribution in [0.15, 0.2) is 42.5 Å². The molecule has 0 fully saturated rings. The van der Waals surface area contributed by atoms with Crippen molar-refractivity contribution in [3.8, 4) is 22.9 Å². The number of H-pyrrole nitrogens is 1. The second-order valence-corrected chi connectivity index (χ2v) is 9.84. The molecular weight excluding hydrogens is 466 g/mol. The second kappa shape index (κ2) is 9.62. The lowest BCUT2D eigenvalue weighted by molar-refractivity contribution is -0.122. The summed E-state index contributed by atoms with van der Waals surface area (Å²) in [4.78, 5) is 16.1. The maximum atomic E-state index is 12.9. The molecule has 35 heavy (non-hydrogen) atoms. The lowest BCUT2D eigenvalue weighted by atomic mass is 9.92. The summed E-state index contributed by atoms with van der Waals surface area (Å²) in [6, 6.07) is 13.0. The van der Waals surface area contributed by atoms with Crippen LogP contribution >= 0.6 is 11.6 Å². The molecule has 0 aliphatic carbocycles. The van der Waals surface area contributed by atoms with E-state index in [0.29, 0.717) is 45.7 Å². The Kier molecular flexibility index (Phi) is 6.76. The molecule has 9 heteroatoms. The first kappa shape index (κ1) is 24.6. The topological polar surface area (TPSA) is 93.5 Å². The number of halogens is 1. The highest BCUT2D eigenvalue weighted by Crippen LogP contribution is 2.34. The molecule has 4 rings (SSSR count). The third kappa shape index (κ3) is 5.12. The summed E-state index contributed by atoms with van der Waals surface area (Å²) in [5, 5.41) is 12.6. The molecule has 0 radical (unpaired) electrons. The fraction of sp³-hybridized carbons (Fsp3) is 0.346. The molecule has 1 atom stereocenters. The number of hydrogen-bond donors (Lipinski definition) is 2. The van der Waals surface area contributed by atoms with Gasteiger partial charge in [-0.15, -0.1) is 9.73 Å². The van der Waals surface area contributed by atoms with Crippen LogP contribution in [0.2, 0.25) is 5.02 Å². The zero-order valence-electron chi connectivity index (χ0n) is 20.8. The van der Waals surface area contributed by atoms with Gasteiger partial charge >= 0.3 is 0 Å². The van der Waals surface area contributed by atoms with Crippen molar-refractivity contribution >= 4 is 28.8 Å². The number of nitrogens with one attached hydrogen (secondary N) is 2. The summed E-state index contributed by atoms with van der Waals surface area (Å²) in [6.45, 7) is 10.0. The summed E-state index contributed by atoms with van der Waals surface area (Å²) in [7, 11) is 1.57. The number of carbonyl (C=O) groups is 1. The molecular formula is C26H30ClN5O3. The van der Waals surface area contributed by atoms with Gasteiger partial charge in [-0.05, 0) is 43.2 Å². The summed E-state index contributed by atoms with van der Waals surface area (Å²) >= 11 is 6.56. The predicted molar refractivity (Wildman–Crippen MR) is 138 cm³/mol. The first-order valence-electron chi connectivity index (χ1n) is 11.5. The Morgan fingerprint density at radius 3 is 2.60 bits per heavy atom. The molecule has 0 aliphatic heterocycles. The third-order valence-electron chi connectivity index (χ3n) is 5.61. The van der Waals surface area contributed by atoms with Gasteiger partial charge in [0.2, 0.25) is 0 Å². The number of aromatic amines is 1. The Hall–Kier alpha value is -3.52. The van der Waals surface area contributed by atoms with Crippen LogP contribution in [-0.4, -0.2) is 38.9 Å². The van der Waals surface area contributed by atoms with Crippen molar-refractivity contribution in [1.29, 1.82) is 0 Å². The van der Waals surface area contributed by atoms with Crippen molar-refractivity contribution in [2.75, 3.05) is 12.4 Å². The molecule has 2 N–H and O–H groups in total. The number of benzene rings is 2. The third-order valence-corrected chi connectivity index (χ3v) is 5.97. The number of aryl methyl sites for hydroxylation is 1. The lowest BCUT2D eigenvalue weighted by Crippen LogP contribution is -2.32. The Morgan fingerprint density at radius 1 is 1.20 bits per heavy atom. The monoisotopic (exact) mass is 495 g/mol. The summed E-state index contributed by atoms with van der Waals surface area (Å²) < 4.78 is 13.0. The molecule has 0 spiro atoms.